The molecule has 0 aliphatic heterocycles. The minimum atomic E-state index is -4.42. The van der Waals surface area contributed by atoms with E-state index in [0.717, 1.165) is 12.5 Å². The monoisotopic (exact) mass is 356 g/mol. The summed E-state index contributed by atoms with van der Waals surface area (Å²) in [5.41, 5.74) is -0.145. The Balaban J connectivity index is 0.000000236. The number of amides is 1. The fourth-order valence-electron chi connectivity index (χ4n) is 2.84. The largest absolute Gasteiger partial charge is 0.440 e. The molecular weight excluding hydrogens is 333 g/mol. The molecule has 0 atom stereocenters. The van der Waals surface area contributed by atoms with Gasteiger partial charge in [-0.05, 0) is 37.5 Å². The van der Waals surface area contributed by atoms with Crippen LogP contribution in [0.3, 0.4) is 0 Å². The van der Waals surface area contributed by atoms with Crippen molar-refractivity contribution >= 4 is 17.5 Å². The molecule has 1 amide bonds. The lowest BCUT2D eigenvalue weighted by atomic mass is 10.1. The molecule has 25 heavy (non-hydrogen) atoms. The first-order valence-electron chi connectivity index (χ1n) is 8.40. The predicted octanol–water partition coefficient (Wildman–Crippen LogP) is 4.95. The maximum absolute atomic E-state index is 12.8. The number of oxazole rings is 1. The fraction of sp³-hybridized carbons (Fsp3) is 0.556. The molecular formula is C18H23F3N2O2. The van der Waals surface area contributed by atoms with E-state index < -0.39 is 11.7 Å². The summed E-state index contributed by atoms with van der Waals surface area (Å²) in [7, 11) is 0. The molecule has 1 aromatic heterocycles. The van der Waals surface area contributed by atoms with Crippen LogP contribution < -0.4 is 5.32 Å². The van der Waals surface area contributed by atoms with Gasteiger partial charge in [-0.3, -0.25) is 4.79 Å². The van der Waals surface area contributed by atoms with Gasteiger partial charge < -0.3 is 9.73 Å². The number of carbonyl (C=O) groups excluding carboxylic acids is 1. The first-order valence-corrected chi connectivity index (χ1v) is 8.40. The lowest BCUT2D eigenvalue weighted by molar-refractivity contribution is -0.136. The van der Waals surface area contributed by atoms with E-state index in [1.807, 2.05) is 13.8 Å². The van der Waals surface area contributed by atoms with Crippen LogP contribution >= 0.6 is 0 Å². The Morgan fingerprint density at radius 3 is 2.44 bits per heavy atom. The fourth-order valence-corrected chi connectivity index (χ4v) is 2.84. The smallest absolute Gasteiger partial charge is 0.420 e. The standard InChI is InChI=1S/C12H12F3NO.C6H11NO/c1-6(2)11-16-9-5-7(3)4-8(10(9)17-11)12(13,14)15;8-5-7-6-3-1-2-4-6/h4-6H,1-3H3;5-6H,1-4H2,(H,7,8). The summed E-state index contributed by atoms with van der Waals surface area (Å²) in [6.45, 7) is 5.26. The van der Waals surface area contributed by atoms with Gasteiger partial charge in [0, 0.05) is 12.0 Å². The molecule has 2 aromatic rings. The molecule has 1 aliphatic carbocycles. The second-order valence-electron chi connectivity index (χ2n) is 6.63. The SMILES string of the molecule is Cc1cc(C(F)(F)F)c2oc(C(C)C)nc2c1.O=CNC1CCCC1. The highest BCUT2D eigenvalue weighted by atomic mass is 19.4. The van der Waals surface area contributed by atoms with E-state index in [-0.39, 0.29) is 17.0 Å². The molecule has 1 N–H and O–H groups in total. The zero-order valence-electron chi connectivity index (χ0n) is 14.6. The Morgan fingerprint density at radius 2 is 1.92 bits per heavy atom. The van der Waals surface area contributed by atoms with E-state index in [9.17, 15) is 18.0 Å². The molecule has 1 heterocycles. The van der Waals surface area contributed by atoms with Crippen molar-refractivity contribution in [2.24, 2.45) is 0 Å². The molecule has 0 spiro atoms. The van der Waals surface area contributed by atoms with Gasteiger partial charge >= 0.3 is 6.18 Å². The molecule has 0 unspecified atom stereocenters. The van der Waals surface area contributed by atoms with E-state index in [2.05, 4.69) is 10.3 Å². The number of aryl methyl sites for hydroxylation is 1. The molecule has 0 radical (unpaired) electrons. The van der Waals surface area contributed by atoms with Crippen LogP contribution in [0.15, 0.2) is 16.5 Å². The summed E-state index contributed by atoms with van der Waals surface area (Å²) in [5.74, 6) is 0.292. The molecule has 138 valence electrons. The number of rotatable bonds is 3. The summed E-state index contributed by atoms with van der Waals surface area (Å²) in [6.07, 6.45) is 1.31. The van der Waals surface area contributed by atoms with Crippen LogP contribution in [-0.4, -0.2) is 17.4 Å². The number of fused-ring (bicyclic) bond motifs is 1. The summed E-state index contributed by atoms with van der Waals surface area (Å²) in [6, 6.07) is 3.17. The van der Waals surface area contributed by atoms with Crippen LogP contribution in [0.25, 0.3) is 11.1 Å². The number of aromatic nitrogens is 1. The van der Waals surface area contributed by atoms with Crippen molar-refractivity contribution in [1.29, 1.82) is 0 Å². The van der Waals surface area contributed by atoms with Crippen LogP contribution in [0.5, 0.6) is 0 Å². The second kappa shape index (κ2) is 7.89. The average Bonchev–Trinajstić information content (AvgIpc) is 3.15. The van der Waals surface area contributed by atoms with Crippen LogP contribution in [-0.2, 0) is 11.0 Å². The van der Waals surface area contributed by atoms with Crippen molar-refractivity contribution in [2.75, 3.05) is 0 Å². The Hall–Kier alpha value is -2.05. The van der Waals surface area contributed by atoms with E-state index in [1.54, 1.807) is 13.0 Å². The van der Waals surface area contributed by atoms with Gasteiger partial charge in [-0.2, -0.15) is 13.2 Å². The summed E-state index contributed by atoms with van der Waals surface area (Å²) in [5, 5.41) is 2.76. The topological polar surface area (TPSA) is 55.1 Å². The highest BCUT2D eigenvalue weighted by Gasteiger charge is 2.35. The Bertz CT molecular complexity index is 717. The number of benzene rings is 1. The number of nitrogens with zero attached hydrogens (tertiary/aromatic N) is 1. The number of alkyl halides is 3. The van der Waals surface area contributed by atoms with Gasteiger partial charge in [0.05, 0.1) is 0 Å². The van der Waals surface area contributed by atoms with Crippen LogP contribution in [0.4, 0.5) is 13.2 Å². The maximum atomic E-state index is 12.8. The van der Waals surface area contributed by atoms with Crippen molar-refractivity contribution in [3.05, 3.63) is 29.2 Å². The lowest BCUT2D eigenvalue weighted by Crippen LogP contribution is -2.23. The number of halogens is 3. The number of hydrogen-bond acceptors (Lipinski definition) is 3. The van der Waals surface area contributed by atoms with Crippen LogP contribution in [0, 0.1) is 6.92 Å². The molecule has 0 bridgehead atoms. The number of hydrogen-bond donors (Lipinski definition) is 1. The number of carbonyl (C=O) groups is 1. The zero-order chi connectivity index (χ0) is 18.6. The van der Waals surface area contributed by atoms with Crippen LogP contribution in [0.2, 0.25) is 0 Å². The molecule has 0 saturated heterocycles. The molecule has 4 nitrogen and oxygen atoms in total. The molecule has 3 rings (SSSR count). The minimum absolute atomic E-state index is 0.0382. The minimum Gasteiger partial charge on any atom is -0.440 e. The first-order chi connectivity index (χ1) is 11.7. The zero-order valence-corrected chi connectivity index (χ0v) is 14.6. The highest BCUT2D eigenvalue weighted by molar-refractivity contribution is 5.78. The van der Waals surface area contributed by atoms with Gasteiger partial charge in [0.15, 0.2) is 11.5 Å². The second-order valence-corrected chi connectivity index (χ2v) is 6.63. The summed E-state index contributed by atoms with van der Waals surface area (Å²) >= 11 is 0. The quantitative estimate of drug-likeness (QED) is 0.792. The van der Waals surface area contributed by atoms with Crippen molar-refractivity contribution < 1.29 is 22.4 Å². The van der Waals surface area contributed by atoms with Crippen molar-refractivity contribution in [3.8, 4) is 0 Å². The van der Waals surface area contributed by atoms with Gasteiger partial charge in [-0.1, -0.05) is 26.7 Å². The molecule has 1 aromatic carbocycles. The molecule has 1 fully saturated rings. The van der Waals surface area contributed by atoms with Crippen molar-refractivity contribution in [3.63, 3.8) is 0 Å². The van der Waals surface area contributed by atoms with Crippen molar-refractivity contribution in [2.45, 2.75) is 64.6 Å². The van der Waals surface area contributed by atoms with Gasteiger partial charge in [-0.15, -0.1) is 0 Å². The van der Waals surface area contributed by atoms with Gasteiger partial charge in [0.25, 0.3) is 0 Å². The third kappa shape index (κ3) is 4.96. The highest BCUT2D eigenvalue weighted by Crippen LogP contribution is 2.36. The first kappa shape index (κ1) is 19.3. The lowest BCUT2D eigenvalue weighted by Gasteiger charge is -2.07. The molecule has 1 aliphatic rings. The number of nitrogens with one attached hydrogen (secondary N) is 1. The Morgan fingerprint density at radius 1 is 1.28 bits per heavy atom. The third-order valence-electron chi connectivity index (χ3n) is 4.11. The summed E-state index contributed by atoms with van der Waals surface area (Å²) < 4.78 is 43.7. The third-order valence-corrected chi connectivity index (χ3v) is 4.11. The molecule has 7 heteroatoms. The van der Waals surface area contributed by atoms with Gasteiger partial charge in [0.2, 0.25) is 6.41 Å². The van der Waals surface area contributed by atoms with E-state index >= 15 is 0 Å². The Kier molecular flexibility index (Phi) is 6.08. The van der Waals surface area contributed by atoms with E-state index in [4.69, 9.17) is 4.42 Å². The van der Waals surface area contributed by atoms with E-state index in [1.165, 1.54) is 25.7 Å². The van der Waals surface area contributed by atoms with Crippen molar-refractivity contribution in [1.82, 2.24) is 10.3 Å². The normalized spacial score (nSPS) is 15.3. The van der Waals surface area contributed by atoms with Gasteiger partial charge in [-0.25, -0.2) is 4.98 Å². The maximum Gasteiger partial charge on any atom is 0.420 e. The van der Waals surface area contributed by atoms with Crippen LogP contribution in [0.1, 0.15) is 62.5 Å². The summed E-state index contributed by atoms with van der Waals surface area (Å²) in [4.78, 5) is 13.9. The average molecular weight is 356 g/mol. The Labute approximate surface area is 144 Å². The van der Waals surface area contributed by atoms with Gasteiger partial charge in [0.1, 0.15) is 11.1 Å². The molecule has 1 saturated carbocycles. The predicted molar refractivity (Wildman–Crippen MR) is 89.3 cm³/mol. The van der Waals surface area contributed by atoms with E-state index in [0.29, 0.717) is 17.5 Å².